The Balaban J connectivity index is 2.30. The highest BCUT2D eigenvalue weighted by Crippen LogP contribution is 2.27. The average Bonchev–Trinajstić information content (AvgIpc) is 2.50. The molecule has 1 atom stereocenters. The Labute approximate surface area is 111 Å². The second-order valence-electron chi connectivity index (χ2n) is 3.74. The van der Waals surface area contributed by atoms with Gasteiger partial charge in [0, 0.05) is 27.1 Å². The predicted molar refractivity (Wildman–Crippen MR) is 73.6 cm³/mol. The van der Waals surface area contributed by atoms with Crippen molar-refractivity contribution in [1.82, 2.24) is 0 Å². The van der Waals surface area contributed by atoms with Crippen LogP contribution in [0.15, 0.2) is 18.2 Å². The minimum atomic E-state index is 0.205. The molecule has 0 aromatic heterocycles. The third-order valence-electron chi connectivity index (χ3n) is 2.54. The molecular formula is C11H11BrINO. The monoisotopic (exact) mass is 379 g/mol. The summed E-state index contributed by atoms with van der Waals surface area (Å²) < 4.78 is 1.20. The first-order valence-electron chi connectivity index (χ1n) is 4.78. The molecule has 1 heterocycles. The molecule has 0 spiro atoms. The van der Waals surface area contributed by atoms with Gasteiger partial charge in [0.15, 0.2) is 0 Å². The molecule has 1 fully saturated rings. The lowest BCUT2D eigenvalue weighted by Crippen LogP contribution is -2.24. The van der Waals surface area contributed by atoms with Gasteiger partial charge in [0.1, 0.15) is 0 Å². The minimum absolute atomic E-state index is 0.205. The van der Waals surface area contributed by atoms with E-state index in [9.17, 15) is 4.79 Å². The number of hydrogen-bond acceptors (Lipinski definition) is 1. The Morgan fingerprint density at radius 2 is 2.27 bits per heavy atom. The summed E-state index contributed by atoms with van der Waals surface area (Å²) in [7, 11) is 0. The van der Waals surface area contributed by atoms with Crippen molar-refractivity contribution in [3.05, 3.63) is 27.3 Å². The number of nitrogens with zero attached hydrogens (tertiary/aromatic N) is 1. The highest BCUT2D eigenvalue weighted by molar-refractivity contribution is 14.1. The molecule has 1 aliphatic heterocycles. The van der Waals surface area contributed by atoms with Crippen LogP contribution in [0.4, 0.5) is 5.69 Å². The van der Waals surface area contributed by atoms with Crippen molar-refractivity contribution in [3.8, 4) is 0 Å². The number of rotatable bonds is 1. The summed E-state index contributed by atoms with van der Waals surface area (Å²) in [6, 6.07) is 6.14. The number of aryl methyl sites for hydroxylation is 1. The zero-order valence-corrected chi connectivity index (χ0v) is 12.1. The molecule has 4 heteroatoms. The standard InChI is InChI=1S/C11H11BrINO/c1-7-2-3-9(5-10(7)13)14-6-8(12)4-11(14)15/h2-3,5,8H,4,6H2,1H3. The van der Waals surface area contributed by atoms with Gasteiger partial charge in [0.25, 0.3) is 0 Å². The van der Waals surface area contributed by atoms with Crippen molar-refractivity contribution in [1.29, 1.82) is 0 Å². The Morgan fingerprint density at radius 3 is 2.80 bits per heavy atom. The van der Waals surface area contributed by atoms with Gasteiger partial charge in [-0.2, -0.15) is 0 Å². The van der Waals surface area contributed by atoms with Gasteiger partial charge in [-0.05, 0) is 47.2 Å². The molecule has 1 saturated heterocycles. The van der Waals surface area contributed by atoms with Crippen LogP contribution >= 0.6 is 38.5 Å². The molecule has 1 aromatic carbocycles. The third kappa shape index (κ3) is 2.36. The quantitative estimate of drug-likeness (QED) is 0.542. The van der Waals surface area contributed by atoms with Crippen LogP contribution < -0.4 is 4.90 Å². The van der Waals surface area contributed by atoms with E-state index in [4.69, 9.17) is 0 Å². The molecule has 15 heavy (non-hydrogen) atoms. The molecule has 0 aliphatic carbocycles. The van der Waals surface area contributed by atoms with E-state index >= 15 is 0 Å². The number of alkyl halides is 1. The van der Waals surface area contributed by atoms with Crippen LogP contribution in [-0.4, -0.2) is 17.3 Å². The summed E-state index contributed by atoms with van der Waals surface area (Å²) in [4.78, 5) is 13.8. The Hall–Kier alpha value is -0.100. The number of carbonyl (C=O) groups excluding carboxylic acids is 1. The summed E-state index contributed by atoms with van der Waals surface area (Å²) in [5.74, 6) is 0.205. The maximum absolute atomic E-state index is 11.7. The molecule has 1 unspecified atom stereocenters. The van der Waals surface area contributed by atoms with Crippen LogP contribution in [0.1, 0.15) is 12.0 Å². The van der Waals surface area contributed by atoms with Gasteiger partial charge in [-0.1, -0.05) is 22.0 Å². The topological polar surface area (TPSA) is 20.3 Å². The van der Waals surface area contributed by atoms with E-state index in [0.717, 1.165) is 12.2 Å². The van der Waals surface area contributed by atoms with Gasteiger partial charge >= 0.3 is 0 Å². The van der Waals surface area contributed by atoms with E-state index in [1.165, 1.54) is 9.13 Å². The minimum Gasteiger partial charge on any atom is -0.311 e. The number of benzene rings is 1. The maximum Gasteiger partial charge on any atom is 0.228 e. The highest BCUT2D eigenvalue weighted by atomic mass is 127. The van der Waals surface area contributed by atoms with Gasteiger partial charge in [-0.15, -0.1) is 0 Å². The Morgan fingerprint density at radius 1 is 1.53 bits per heavy atom. The molecule has 0 radical (unpaired) electrons. The molecule has 80 valence electrons. The number of hydrogen-bond donors (Lipinski definition) is 0. The van der Waals surface area contributed by atoms with Crippen molar-refractivity contribution in [3.63, 3.8) is 0 Å². The first kappa shape index (κ1) is 11.4. The van der Waals surface area contributed by atoms with Crippen LogP contribution in [0.3, 0.4) is 0 Å². The zero-order valence-electron chi connectivity index (χ0n) is 8.34. The van der Waals surface area contributed by atoms with Crippen molar-refractivity contribution < 1.29 is 4.79 Å². The number of carbonyl (C=O) groups is 1. The number of anilines is 1. The summed E-state index contributed by atoms with van der Waals surface area (Å²) in [6.45, 7) is 2.85. The van der Waals surface area contributed by atoms with Gasteiger partial charge in [0.05, 0.1) is 0 Å². The van der Waals surface area contributed by atoms with Crippen molar-refractivity contribution in [2.24, 2.45) is 0 Å². The van der Waals surface area contributed by atoms with Crippen molar-refractivity contribution in [2.45, 2.75) is 18.2 Å². The second-order valence-corrected chi connectivity index (χ2v) is 6.20. The van der Waals surface area contributed by atoms with Crippen LogP contribution in [0.25, 0.3) is 0 Å². The third-order valence-corrected chi connectivity index (χ3v) is 4.32. The molecule has 0 saturated carbocycles. The smallest absolute Gasteiger partial charge is 0.228 e. The number of amides is 1. The summed E-state index contributed by atoms with van der Waals surface area (Å²) in [5, 5.41) is 0. The molecule has 0 bridgehead atoms. The van der Waals surface area contributed by atoms with Crippen LogP contribution in [0.5, 0.6) is 0 Å². The fourth-order valence-corrected chi connectivity index (χ4v) is 2.73. The predicted octanol–water partition coefficient (Wildman–Crippen LogP) is 3.10. The molecule has 1 amide bonds. The normalized spacial score (nSPS) is 21.1. The summed E-state index contributed by atoms with van der Waals surface area (Å²) >= 11 is 5.78. The van der Waals surface area contributed by atoms with Crippen LogP contribution in [0.2, 0.25) is 0 Å². The Kier molecular flexibility index (Phi) is 3.35. The van der Waals surface area contributed by atoms with E-state index in [2.05, 4.69) is 57.6 Å². The first-order valence-corrected chi connectivity index (χ1v) is 6.78. The molecule has 1 aromatic rings. The van der Waals surface area contributed by atoms with Gasteiger partial charge in [0.2, 0.25) is 5.91 Å². The molecule has 2 nitrogen and oxygen atoms in total. The summed E-state index contributed by atoms with van der Waals surface area (Å²) in [5.41, 5.74) is 2.26. The van der Waals surface area contributed by atoms with Gasteiger partial charge in [-0.25, -0.2) is 0 Å². The second kappa shape index (κ2) is 4.41. The summed E-state index contributed by atoms with van der Waals surface area (Å²) in [6.07, 6.45) is 0.602. The fraction of sp³-hybridized carbons (Fsp3) is 0.364. The first-order chi connectivity index (χ1) is 7.08. The molecule has 2 rings (SSSR count). The fourth-order valence-electron chi connectivity index (χ4n) is 1.66. The Bertz CT molecular complexity index is 408. The largest absolute Gasteiger partial charge is 0.311 e. The SMILES string of the molecule is Cc1ccc(N2CC(Br)CC2=O)cc1I. The van der Waals surface area contributed by atoms with Gasteiger partial charge < -0.3 is 4.90 Å². The van der Waals surface area contributed by atoms with Crippen LogP contribution in [-0.2, 0) is 4.79 Å². The lowest BCUT2D eigenvalue weighted by Gasteiger charge is -2.16. The van der Waals surface area contributed by atoms with E-state index in [-0.39, 0.29) is 5.91 Å². The van der Waals surface area contributed by atoms with E-state index in [1.807, 2.05) is 11.0 Å². The number of halogens is 2. The van der Waals surface area contributed by atoms with E-state index in [0.29, 0.717) is 11.2 Å². The molecular weight excluding hydrogens is 369 g/mol. The van der Waals surface area contributed by atoms with Crippen molar-refractivity contribution >= 4 is 50.1 Å². The zero-order chi connectivity index (χ0) is 11.0. The average molecular weight is 380 g/mol. The van der Waals surface area contributed by atoms with Crippen molar-refractivity contribution in [2.75, 3.05) is 11.4 Å². The van der Waals surface area contributed by atoms with E-state index < -0.39 is 0 Å². The lowest BCUT2D eigenvalue weighted by atomic mass is 10.2. The van der Waals surface area contributed by atoms with Crippen LogP contribution in [0, 0.1) is 10.5 Å². The molecule has 0 N–H and O–H groups in total. The van der Waals surface area contributed by atoms with E-state index in [1.54, 1.807) is 0 Å². The lowest BCUT2D eigenvalue weighted by molar-refractivity contribution is -0.117. The van der Waals surface area contributed by atoms with Gasteiger partial charge in [-0.3, -0.25) is 4.79 Å². The highest BCUT2D eigenvalue weighted by Gasteiger charge is 2.28. The molecule has 1 aliphatic rings. The maximum atomic E-state index is 11.7.